The zero-order chi connectivity index (χ0) is 11.7. The van der Waals surface area contributed by atoms with Crippen molar-refractivity contribution in [2.24, 2.45) is 0 Å². The molecular formula is C13H14N2O. The van der Waals surface area contributed by atoms with Gasteiger partial charge in [-0.25, -0.2) is 0 Å². The number of aryl methyl sites for hydroxylation is 2. The van der Waals surface area contributed by atoms with Gasteiger partial charge in [-0.05, 0) is 38.7 Å². The van der Waals surface area contributed by atoms with Crippen LogP contribution in [0, 0.1) is 25.2 Å². The maximum Gasteiger partial charge on any atom is 0.165 e. The highest BCUT2D eigenvalue weighted by atomic mass is 16.1. The number of nitriles is 1. The molecule has 0 saturated carbocycles. The molecule has 0 bridgehead atoms. The van der Waals surface area contributed by atoms with Crippen LogP contribution in [0.15, 0.2) is 0 Å². The van der Waals surface area contributed by atoms with Crippen molar-refractivity contribution in [2.45, 2.75) is 39.5 Å². The molecule has 0 amide bonds. The van der Waals surface area contributed by atoms with Crippen LogP contribution in [-0.4, -0.2) is 10.8 Å². The average Bonchev–Trinajstić information content (AvgIpc) is 2.41. The van der Waals surface area contributed by atoms with Crippen molar-refractivity contribution >= 4 is 5.78 Å². The van der Waals surface area contributed by atoms with Gasteiger partial charge in [-0.15, -0.1) is 0 Å². The molecular weight excluding hydrogens is 200 g/mol. The molecule has 0 N–H and O–H groups in total. The van der Waals surface area contributed by atoms with Gasteiger partial charge in [-0.3, -0.25) is 9.78 Å². The lowest BCUT2D eigenvalue weighted by Crippen LogP contribution is -2.09. The summed E-state index contributed by atoms with van der Waals surface area (Å²) in [5.74, 6) is 0.147. The number of nitrogens with zero attached hydrogens (tertiary/aromatic N) is 2. The number of hydrogen-bond donors (Lipinski definition) is 0. The van der Waals surface area contributed by atoms with E-state index in [-0.39, 0.29) is 5.78 Å². The van der Waals surface area contributed by atoms with Crippen LogP contribution in [0.4, 0.5) is 0 Å². The Morgan fingerprint density at radius 1 is 1.25 bits per heavy atom. The monoisotopic (exact) mass is 214 g/mol. The Kier molecular flexibility index (Phi) is 2.74. The summed E-state index contributed by atoms with van der Waals surface area (Å²) in [6.07, 6.45) is 3.38. The molecule has 0 aromatic carbocycles. The van der Waals surface area contributed by atoms with E-state index >= 15 is 0 Å². The standard InChI is InChI=1S/C13H14N2O/c1-8-10(7-14)9(2)15-11-5-3-4-6-12(16)13(8)11/h3-6H2,1-2H3. The van der Waals surface area contributed by atoms with Crippen molar-refractivity contribution in [3.05, 3.63) is 28.1 Å². The van der Waals surface area contributed by atoms with E-state index in [0.29, 0.717) is 17.5 Å². The Bertz CT molecular complexity index is 498. The van der Waals surface area contributed by atoms with Gasteiger partial charge in [0.05, 0.1) is 17.0 Å². The molecule has 1 heterocycles. The maximum absolute atomic E-state index is 12.0. The first-order valence-electron chi connectivity index (χ1n) is 5.58. The number of fused-ring (bicyclic) bond motifs is 1. The summed E-state index contributed by atoms with van der Waals surface area (Å²) in [6.45, 7) is 3.69. The van der Waals surface area contributed by atoms with Crippen LogP contribution >= 0.6 is 0 Å². The first-order chi connectivity index (χ1) is 7.65. The van der Waals surface area contributed by atoms with Crippen LogP contribution in [0.1, 0.15) is 52.1 Å². The van der Waals surface area contributed by atoms with Crippen molar-refractivity contribution in [3.8, 4) is 6.07 Å². The van der Waals surface area contributed by atoms with Crippen molar-refractivity contribution in [1.29, 1.82) is 5.26 Å². The highest BCUT2D eigenvalue weighted by Gasteiger charge is 2.22. The molecule has 1 aromatic heterocycles. The Morgan fingerprint density at radius 2 is 1.94 bits per heavy atom. The SMILES string of the molecule is Cc1nc2c(c(C)c1C#N)C(=O)CCCC2. The molecule has 0 unspecified atom stereocenters. The highest BCUT2D eigenvalue weighted by Crippen LogP contribution is 2.25. The number of Topliss-reactive ketones (excluding diaryl/α,β-unsaturated/α-hetero) is 1. The second-order valence-electron chi connectivity index (χ2n) is 4.26. The number of ketones is 1. The topological polar surface area (TPSA) is 53.8 Å². The molecule has 0 atom stereocenters. The normalized spacial score (nSPS) is 15.2. The minimum atomic E-state index is 0.147. The van der Waals surface area contributed by atoms with E-state index in [1.807, 2.05) is 13.8 Å². The molecule has 82 valence electrons. The molecule has 1 aromatic rings. The maximum atomic E-state index is 12.0. The second-order valence-corrected chi connectivity index (χ2v) is 4.26. The number of hydrogen-bond acceptors (Lipinski definition) is 3. The molecule has 1 aliphatic carbocycles. The third-order valence-corrected chi connectivity index (χ3v) is 3.16. The Balaban J connectivity index is 2.71. The number of aromatic nitrogens is 1. The Hall–Kier alpha value is -1.69. The summed E-state index contributed by atoms with van der Waals surface area (Å²) in [5.41, 5.74) is 3.72. The molecule has 3 heteroatoms. The summed E-state index contributed by atoms with van der Waals surface area (Å²) in [4.78, 5) is 16.4. The summed E-state index contributed by atoms with van der Waals surface area (Å²) < 4.78 is 0. The Labute approximate surface area is 95.1 Å². The van der Waals surface area contributed by atoms with E-state index in [1.54, 1.807) is 0 Å². The third-order valence-electron chi connectivity index (χ3n) is 3.16. The van der Waals surface area contributed by atoms with Gasteiger partial charge in [-0.1, -0.05) is 0 Å². The quantitative estimate of drug-likeness (QED) is 0.623. The van der Waals surface area contributed by atoms with Crippen LogP contribution in [0.25, 0.3) is 0 Å². The molecule has 0 fully saturated rings. The number of rotatable bonds is 0. The van der Waals surface area contributed by atoms with E-state index in [9.17, 15) is 4.79 Å². The predicted molar refractivity (Wildman–Crippen MR) is 60.3 cm³/mol. The van der Waals surface area contributed by atoms with Gasteiger partial charge < -0.3 is 0 Å². The van der Waals surface area contributed by atoms with E-state index in [0.717, 1.165) is 36.2 Å². The van der Waals surface area contributed by atoms with Crippen LogP contribution < -0.4 is 0 Å². The van der Waals surface area contributed by atoms with E-state index in [2.05, 4.69) is 11.1 Å². The summed E-state index contributed by atoms with van der Waals surface area (Å²) in [6, 6.07) is 2.14. The summed E-state index contributed by atoms with van der Waals surface area (Å²) >= 11 is 0. The van der Waals surface area contributed by atoms with Gasteiger partial charge in [0, 0.05) is 12.0 Å². The van der Waals surface area contributed by atoms with Crippen molar-refractivity contribution < 1.29 is 4.79 Å². The molecule has 0 aliphatic heterocycles. The largest absolute Gasteiger partial charge is 0.294 e. The van der Waals surface area contributed by atoms with Crippen molar-refractivity contribution in [2.75, 3.05) is 0 Å². The van der Waals surface area contributed by atoms with Crippen LogP contribution in [0.2, 0.25) is 0 Å². The molecule has 0 radical (unpaired) electrons. The molecule has 16 heavy (non-hydrogen) atoms. The number of carbonyl (C=O) groups is 1. The van der Waals surface area contributed by atoms with E-state index < -0.39 is 0 Å². The van der Waals surface area contributed by atoms with Gasteiger partial charge in [0.25, 0.3) is 0 Å². The first kappa shape index (κ1) is 10.8. The van der Waals surface area contributed by atoms with Gasteiger partial charge in [-0.2, -0.15) is 5.26 Å². The van der Waals surface area contributed by atoms with Gasteiger partial charge in [0.15, 0.2) is 5.78 Å². The molecule has 2 rings (SSSR count). The zero-order valence-corrected chi connectivity index (χ0v) is 9.63. The molecule has 1 aliphatic rings. The smallest absolute Gasteiger partial charge is 0.165 e. The summed E-state index contributed by atoms with van der Waals surface area (Å²) in [7, 11) is 0. The average molecular weight is 214 g/mol. The lowest BCUT2D eigenvalue weighted by molar-refractivity contribution is 0.0981. The van der Waals surface area contributed by atoms with Crippen LogP contribution in [0.3, 0.4) is 0 Å². The van der Waals surface area contributed by atoms with E-state index in [1.165, 1.54) is 0 Å². The fraction of sp³-hybridized carbons (Fsp3) is 0.462. The zero-order valence-electron chi connectivity index (χ0n) is 9.63. The number of pyridine rings is 1. The van der Waals surface area contributed by atoms with Crippen LogP contribution in [-0.2, 0) is 6.42 Å². The lowest BCUT2D eigenvalue weighted by Gasteiger charge is -2.11. The van der Waals surface area contributed by atoms with Crippen molar-refractivity contribution in [1.82, 2.24) is 4.98 Å². The second kappa shape index (κ2) is 4.05. The number of carbonyl (C=O) groups excluding carboxylic acids is 1. The van der Waals surface area contributed by atoms with Crippen LogP contribution in [0.5, 0.6) is 0 Å². The lowest BCUT2D eigenvalue weighted by atomic mass is 9.96. The van der Waals surface area contributed by atoms with Gasteiger partial charge in [0.1, 0.15) is 6.07 Å². The van der Waals surface area contributed by atoms with Crippen molar-refractivity contribution in [3.63, 3.8) is 0 Å². The molecule has 3 nitrogen and oxygen atoms in total. The summed E-state index contributed by atoms with van der Waals surface area (Å²) in [5, 5.41) is 9.06. The predicted octanol–water partition coefficient (Wildman–Crippen LogP) is 2.48. The fourth-order valence-electron chi connectivity index (χ4n) is 2.35. The highest BCUT2D eigenvalue weighted by molar-refractivity contribution is 5.99. The minimum Gasteiger partial charge on any atom is -0.294 e. The Morgan fingerprint density at radius 3 is 2.62 bits per heavy atom. The fourth-order valence-corrected chi connectivity index (χ4v) is 2.35. The molecule has 0 saturated heterocycles. The third kappa shape index (κ3) is 1.61. The first-order valence-corrected chi connectivity index (χ1v) is 5.58. The molecule has 0 spiro atoms. The van der Waals surface area contributed by atoms with Gasteiger partial charge in [0.2, 0.25) is 0 Å². The van der Waals surface area contributed by atoms with Gasteiger partial charge >= 0.3 is 0 Å². The van der Waals surface area contributed by atoms with E-state index in [4.69, 9.17) is 5.26 Å². The minimum absolute atomic E-state index is 0.147.